The topological polar surface area (TPSA) is 118 Å². The van der Waals surface area contributed by atoms with Crippen LogP contribution in [0.2, 0.25) is 0 Å². The summed E-state index contributed by atoms with van der Waals surface area (Å²) in [7, 11) is 0. The molecule has 3 heterocycles. The van der Waals surface area contributed by atoms with Crippen molar-refractivity contribution in [3.05, 3.63) is 48.0 Å². The second kappa shape index (κ2) is 10.4. The van der Waals surface area contributed by atoms with Crippen molar-refractivity contribution in [3.63, 3.8) is 0 Å². The van der Waals surface area contributed by atoms with Crippen LogP contribution in [0.3, 0.4) is 0 Å². The summed E-state index contributed by atoms with van der Waals surface area (Å²) < 4.78 is 22.8. The van der Waals surface area contributed by atoms with E-state index in [1.807, 2.05) is 44.2 Å². The Balaban J connectivity index is 1.28. The number of rotatable bonds is 9. The number of benzene rings is 1. The summed E-state index contributed by atoms with van der Waals surface area (Å²) >= 11 is 0. The number of oxazole rings is 1. The van der Waals surface area contributed by atoms with Gasteiger partial charge in [0.25, 0.3) is 0 Å². The molecule has 0 bridgehead atoms. The predicted octanol–water partition coefficient (Wildman–Crippen LogP) is 3.17. The average Bonchev–Trinajstić information content (AvgIpc) is 3.43. The summed E-state index contributed by atoms with van der Waals surface area (Å²) in [5, 5.41) is 31.0. The third kappa shape index (κ3) is 6.02. The van der Waals surface area contributed by atoms with Crippen molar-refractivity contribution < 1.29 is 33.9 Å². The van der Waals surface area contributed by atoms with Gasteiger partial charge in [0.2, 0.25) is 5.89 Å². The number of aliphatic hydroxyl groups excluding tert-OH is 3. The van der Waals surface area contributed by atoms with Crippen LogP contribution in [0.4, 0.5) is 0 Å². The van der Waals surface area contributed by atoms with E-state index in [2.05, 4.69) is 4.98 Å². The number of ether oxygens (including phenoxy) is 3. The van der Waals surface area contributed by atoms with E-state index in [9.17, 15) is 15.3 Å². The van der Waals surface area contributed by atoms with Gasteiger partial charge in [-0.05, 0) is 44.9 Å². The number of aliphatic hydroxyl groups is 3. The second-order valence-electron chi connectivity index (χ2n) is 9.22. The van der Waals surface area contributed by atoms with Crippen LogP contribution in [0, 0.1) is 11.8 Å². The van der Waals surface area contributed by atoms with Crippen LogP contribution in [0.25, 0.3) is 6.08 Å². The minimum atomic E-state index is -1.000. The van der Waals surface area contributed by atoms with Gasteiger partial charge in [-0.1, -0.05) is 30.7 Å². The van der Waals surface area contributed by atoms with Crippen molar-refractivity contribution >= 4 is 6.08 Å². The SMILES string of the molecule is C/C(=C\c1ncc(Oc2ccccc2)o1)C[C@@H]1OC[C@H](C[C@@H]2O[C@H]2[C@@H](C)[C@H](C)O)[C@@H](O)[C@H]1O. The Hall–Kier alpha value is -2.23. The van der Waals surface area contributed by atoms with E-state index >= 15 is 0 Å². The van der Waals surface area contributed by atoms with Gasteiger partial charge in [0.15, 0.2) is 0 Å². The summed E-state index contributed by atoms with van der Waals surface area (Å²) in [5.41, 5.74) is 0.897. The minimum Gasteiger partial charge on any atom is -0.425 e. The molecule has 1 aromatic heterocycles. The Morgan fingerprint density at radius 1 is 1.18 bits per heavy atom. The lowest BCUT2D eigenvalue weighted by molar-refractivity contribution is -0.165. The van der Waals surface area contributed by atoms with Crippen LogP contribution in [-0.2, 0) is 9.47 Å². The summed E-state index contributed by atoms with van der Waals surface area (Å²) in [6.07, 6.45) is 1.44. The highest BCUT2D eigenvalue weighted by Crippen LogP contribution is 2.38. The number of nitrogens with zero attached hydrogens (tertiary/aromatic N) is 1. The molecule has 180 valence electrons. The molecule has 2 saturated heterocycles. The molecule has 0 spiro atoms. The molecular weight excluding hydrogens is 426 g/mol. The van der Waals surface area contributed by atoms with Gasteiger partial charge in [0.05, 0.1) is 37.1 Å². The van der Waals surface area contributed by atoms with Crippen LogP contribution >= 0.6 is 0 Å². The van der Waals surface area contributed by atoms with Crippen LogP contribution in [-0.4, -0.2) is 63.5 Å². The van der Waals surface area contributed by atoms with Gasteiger partial charge in [0.1, 0.15) is 18.1 Å². The zero-order chi connectivity index (χ0) is 23.5. The highest BCUT2D eigenvalue weighted by Gasteiger charge is 2.48. The quantitative estimate of drug-likeness (QED) is 0.490. The molecule has 3 N–H and O–H groups in total. The minimum absolute atomic E-state index is 0.00574. The first-order valence-corrected chi connectivity index (χ1v) is 11.5. The van der Waals surface area contributed by atoms with Gasteiger partial charge in [-0.15, -0.1) is 0 Å². The molecule has 1 aromatic carbocycles. The van der Waals surface area contributed by atoms with Gasteiger partial charge < -0.3 is 33.9 Å². The largest absolute Gasteiger partial charge is 0.425 e. The van der Waals surface area contributed by atoms with E-state index in [1.165, 1.54) is 6.20 Å². The molecular formula is C25H33NO7. The normalized spacial score (nSPS) is 31.8. The zero-order valence-electron chi connectivity index (χ0n) is 19.2. The lowest BCUT2D eigenvalue weighted by Gasteiger charge is -2.38. The van der Waals surface area contributed by atoms with Crippen molar-refractivity contribution in [2.75, 3.05) is 6.61 Å². The Labute approximate surface area is 193 Å². The predicted molar refractivity (Wildman–Crippen MR) is 121 cm³/mol. The molecule has 33 heavy (non-hydrogen) atoms. The summed E-state index contributed by atoms with van der Waals surface area (Å²) in [6.45, 7) is 5.95. The molecule has 8 heteroatoms. The van der Waals surface area contributed by atoms with Crippen molar-refractivity contribution in [2.45, 2.75) is 70.2 Å². The first-order chi connectivity index (χ1) is 15.8. The van der Waals surface area contributed by atoms with Crippen LogP contribution in [0.5, 0.6) is 11.7 Å². The molecule has 2 aliphatic heterocycles. The Kier molecular flexibility index (Phi) is 7.51. The van der Waals surface area contributed by atoms with Crippen LogP contribution < -0.4 is 4.74 Å². The van der Waals surface area contributed by atoms with E-state index < -0.39 is 24.4 Å². The van der Waals surface area contributed by atoms with E-state index in [0.29, 0.717) is 31.1 Å². The second-order valence-corrected chi connectivity index (χ2v) is 9.22. The third-order valence-corrected chi connectivity index (χ3v) is 6.53. The number of hydrogen-bond donors (Lipinski definition) is 3. The smallest absolute Gasteiger partial charge is 0.310 e. The fourth-order valence-corrected chi connectivity index (χ4v) is 4.29. The Morgan fingerprint density at radius 3 is 2.67 bits per heavy atom. The Bertz CT molecular complexity index is 928. The molecule has 0 amide bonds. The molecule has 0 unspecified atom stereocenters. The molecule has 2 aliphatic rings. The number of epoxide rings is 1. The first-order valence-electron chi connectivity index (χ1n) is 11.5. The van der Waals surface area contributed by atoms with Gasteiger partial charge >= 0.3 is 5.95 Å². The molecule has 2 aromatic rings. The maximum atomic E-state index is 10.7. The summed E-state index contributed by atoms with van der Waals surface area (Å²) in [6, 6.07) is 9.30. The molecule has 0 aliphatic carbocycles. The van der Waals surface area contributed by atoms with Gasteiger partial charge in [-0.3, -0.25) is 0 Å². The van der Waals surface area contributed by atoms with Gasteiger partial charge in [0, 0.05) is 11.8 Å². The van der Waals surface area contributed by atoms with E-state index in [0.717, 1.165) is 5.57 Å². The van der Waals surface area contributed by atoms with Crippen LogP contribution in [0.1, 0.15) is 39.5 Å². The third-order valence-electron chi connectivity index (χ3n) is 6.53. The lowest BCUT2D eigenvalue weighted by atomic mass is 9.85. The highest BCUT2D eigenvalue weighted by atomic mass is 16.6. The van der Waals surface area contributed by atoms with Crippen LogP contribution in [0.15, 0.2) is 46.5 Å². The van der Waals surface area contributed by atoms with Gasteiger partial charge in [-0.2, -0.15) is 0 Å². The number of hydrogen-bond acceptors (Lipinski definition) is 8. The Morgan fingerprint density at radius 2 is 1.94 bits per heavy atom. The molecule has 0 saturated carbocycles. The maximum Gasteiger partial charge on any atom is 0.310 e. The van der Waals surface area contributed by atoms with E-state index in [4.69, 9.17) is 18.6 Å². The van der Waals surface area contributed by atoms with Crippen molar-refractivity contribution in [2.24, 2.45) is 11.8 Å². The fraction of sp³-hybridized carbons (Fsp3) is 0.560. The standard InChI is InChI=1S/C25H33NO7/c1-14(10-21-26-12-22(33-21)31-18-7-5-4-6-8-18)9-19-24(29)23(28)17(13-30-19)11-20-25(32-20)15(2)16(3)27/h4-8,10,12,15-17,19-20,23-25,27-29H,9,11,13H2,1-3H3/b14-10+/t15-,16-,17-,19-,20-,23+,24-,25-/m0/s1. The first kappa shape index (κ1) is 23.9. The summed E-state index contributed by atoms with van der Waals surface area (Å²) in [5.74, 6) is 1.17. The van der Waals surface area contributed by atoms with Crippen molar-refractivity contribution in [1.29, 1.82) is 0 Å². The van der Waals surface area contributed by atoms with E-state index in [-0.39, 0.29) is 30.0 Å². The highest BCUT2D eigenvalue weighted by molar-refractivity contribution is 5.43. The van der Waals surface area contributed by atoms with Crippen molar-refractivity contribution in [1.82, 2.24) is 4.98 Å². The fourth-order valence-electron chi connectivity index (χ4n) is 4.29. The molecule has 2 fully saturated rings. The molecule has 0 radical (unpaired) electrons. The molecule has 8 nitrogen and oxygen atoms in total. The van der Waals surface area contributed by atoms with Crippen molar-refractivity contribution in [3.8, 4) is 11.7 Å². The number of aromatic nitrogens is 1. The average molecular weight is 460 g/mol. The summed E-state index contributed by atoms with van der Waals surface area (Å²) in [4.78, 5) is 4.21. The molecule has 8 atom stereocenters. The zero-order valence-corrected chi connectivity index (χ0v) is 19.2. The number of para-hydroxylation sites is 1. The molecule has 4 rings (SSSR count). The monoisotopic (exact) mass is 459 g/mol. The van der Waals surface area contributed by atoms with Gasteiger partial charge in [-0.25, -0.2) is 4.98 Å². The maximum absolute atomic E-state index is 10.7. The lowest BCUT2D eigenvalue weighted by Crippen LogP contribution is -2.50. The van der Waals surface area contributed by atoms with E-state index in [1.54, 1.807) is 13.0 Å².